The predicted molar refractivity (Wildman–Crippen MR) is 64.5 cm³/mol. The highest BCUT2D eigenvalue weighted by atomic mass is 16.2. The van der Waals surface area contributed by atoms with Gasteiger partial charge in [0.2, 0.25) is 17.8 Å². The van der Waals surface area contributed by atoms with Crippen LogP contribution in [0.5, 0.6) is 0 Å². The molecular formula is C11H17N5O2. The zero-order chi connectivity index (χ0) is 13.1. The number of rotatable bonds is 4. The number of hydrogen-bond acceptors (Lipinski definition) is 4. The highest BCUT2D eigenvalue weighted by Gasteiger charge is 2.34. The van der Waals surface area contributed by atoms with E-state index >= 15 is 0 Å². The van der Waals surface area contributed by atoms with Crippen molar-refractivity contribution in [2.75, 3.05) is 18.4 Å². The number of carbonyl (C=O) groups excluding carboxylic acids is 2. The average Bonchev–Trinajstić information content (AvgIpc) is 2.89. The molecule has 0 spiro atoms. The lowest BCUT2D eigenvalue weighted by Crippen LogP contribution is -2.31. The molecule has 18 heavy (non-hydrogen) atoms. The van der Waals surface area contributed by atoms with Crippen LogP contribution in [0.25, 0.3) is 0 Å². The van der Waals surface area contributed by atoms with Gasteiger partial charge in [-0.2, -0.15) is 10.1 Å². The van der Waals surface area contributed by atoms with E-state index < -0.39 is 0 Å². The molecule has 2 rings (SSSR count). The molecule has 1 saturated heterocycles. The number of anilines is 1. The van der Waals surface area contributed by atoms with E-state index in [-0.39, 0.29) is 24.2 Å². The number of likely N-dealkylation sites (tertiary alicyclic amines) is 1. The molecule has 1 fully saturated rings. The van der Waals surface area contributed by atoms with Crippen molar-refractivity contribution in [3.05, 3.63) is 6.33 Å². The molecule has 1 aliphatic heterocycles. The Hall–Kier alpha value is -1.92. The molecule has 1 atom stereocenters. The number of carbonyl (C=O) groups is 2. The highest BCUT2D eigenvalue weighted by Crippen LogP contribution is 2.20. The fourth-order valence-corrected chi connectivity index (χ4v) is 2.05. The van der Waals surface area contributed by atoms with Gasteiger partial charge in [0.25, 0.3) is 0 Å². The summed E-state index contributed by atoms with van der Waals surface area (Å²) in [5, 5.41) is 8.81. The van der Waals surface area contributed by atoms with Gasteiger partial charge in [0, 0.05) is 19.5 Å². The first-order valence-electron chi connectivity index (χ1n) is 6.00. The standard InChI is InChI=1S/C11H17N5O2/c1-7(2)4-16-5-8(3-9(16)17)10(18)14-11-12-6-13-15-11/h6-8H,3-5H2,1-2H3,(H2,12,13,14,15,18). The van der Waals surface area contributed by atoms with E-state index in [0.29, 0.717) is 25.0 Å². The van der Waals surface area contributed by atoms with Crippen molar-refractivity contribution < 1.29 is 9.59 Å². The van der Waals surface area contributed by atoms with E-state index in [1.54, 1.807) is 4.90 Å². The van der Waals surface area contributed by atoms with Crippen LogP contribution in [-0.2, 0) is 9.59 Å². The molecule has 0 saturated carbocycles. The fraction of sp³-hybridized carbons (Fsp3) is 0.636. The Morgan fingerprint density at radius 2 is 2.44 bits per heavy atom. The largest absolute Gasteiger partial charge is 0.342 e. The Kier molecular flexibility index (Phi) is 3.59. The molecule has 7 nitrogen and oxygen atoms in total. The summed E-state index contributed by atoms with van der Waals surface area (Å²) < 4.78 is 0. The van der Waals surface area contributed by atoms with Gasteiger partial charge in [0.15, 0.2) is 0 Å². The Morgan fingerprint density at radius 1 is 1.67 bits per heavy atom. The average molecular weight is 251 g/mol. The first-order valence-corrected chi connectivity index (χ1v) is 6.00. The first kappa shape index (κ1) is 12.5. The summed E-state index contributed by atoms with van der Waals surface area (Å²) in [6, 6.07) is 0. The molecule has 7 heteroatoms. The van der Waals surface area contributed by atoms with Crippen LogP contribution in [0.1, 0.15) is 20.3 Å². The SMILES string of the molecule is CC(C)CN1CC(C(=O)Nc2ncn[nH]2)CC1=O. The van der Waals surface area contributed by atoms with E-state index in [9.17, 15) is 9.59 Å². The molecule has 0 aromatic carbocycles. The van der Waals surface area contributed by atoms with Crippen molar-refractivity contribution in [1.29, 1.82) is 0 Å². The molecule has 1 aromatic rings. The second-order valence-electron chi connectivity index (χ2n) is 4.92. The minimum atomic E-state index is -0.304. The molecule has 2 N–H and O–H groups in total. The van der Waals surface area contributed by atoms with E-state index in [1.807, 2.05) is 0 Å². The van der Waals surface area contributed by atoms with E-state index in [2.05, 4.69) is 34.3 Å². The lowest BCUT2D eigenvalue weighted by Gasteiger charge is -2.18. The van der Waals surface area contributed by atoms with Gasteiger partial charge >= 0.3 is 0 Å². The monoisotopic (exact) mass is 251 g/mol. The second-order valence-corrected chi connectivity index (χ2v) is 4.92. The molecule has 0 radical (unpaired) electrons. The molecule has 0 aliphatic carbocycles. The lowest BCUT2D eigenvalue weighted by atomic mass is 10.1. The number of nitrogens with one attached hydrogen (secondary N) is 2. The smallest absolute Gasteiger partial charge is 0.232 e. The minimum absolute atomic E-state index is 0.0430. The third-order valence-electron chi connectivity index (χ3n) is 2.83. The van der Waals surface area contributed by atoms with E-state index in [4.69, 9.17) is 0 Å². The van der Waals surface area contributed by atoms with Crippen LogP contribution in [0.3, 0.4) is 0 Å². The Labute approximate surface area is 105 Å². The molecule has 1 aliphatic rings. The minimum Gasteiger partial charge on any atom is -0.342 e. The summed E-state index contributed by atoms with van der Waals surface area (Å²) in [5.74, 6) is 0.272. The topological polar surface area (TPSA) is 91.0 Å². The maximum absolute atomic E-state index is 11.9. The Morgan fingerprint density at radius 3 is 3.06 bits per heavy atom. The summed E-state index contributed by atoms with van der Waals surface area (Å²) in [7, 11) is 0. The molecule has 1 unspecified atom stereocenters. The van der Waals surface area contributed by atoms with Crippen LogP contribution in [0.2, 0.25) is 0 Å². The summed E-state index contributed by atoms with van der Waals surface area (Å²) >= 11 is 0. The van der Waals surface area contributed by atoms with Crippen LogP contribution < -0.4 is 5.32 Å². The van der Waals surface area contributed by atoms with Gasteiger partial charge in [0.1, 0.15) is 6.33 Å². The van der Waals surface area contributed by atoms with Gasteiger partial charge in [-0.25, -0.2) is 5.10 Å². The first-order chi connectivity index (χ1) is 8.56. The van der Waals surface area contributed by atoms with Gasteiger partial charge < -0.3 is 4.90 Å². The summed E-state index contributed by atoms with van der Waals surface area (Å²) in [4.78, 5) is 29.2. The van der Waals surface area contributed by atoms with E-state index in [0.717, 1.165) is 0 Å². The lowest BCUT2D eigenvalue weighted by molar-refractivity contribution is -0.128. The third-order valence-corrected chi connectivity index (χ3v) is 2.83. The van der Waals surface area contributed by atoms with Crippen molar-refractivity contribution in [2.24, 2.45) is 11.8 Å². The van der Waals surface area contributed by atoms with Crippen molar-refractivity contribution in [3.63, 3.8) is 0 Å². The van der Waals surface area contributed by atoms with Crippen LogP contribution in [0, 0.1) is 11.8 Å². The fourth-order valence-electron chi connectivity index (χ4n) is 2.05. The molecular weight excluding hydrogens is 234 g/mol. The van der Waals surface area contributed by atoms with Crippen molar-refractivity contribution in [1.82, 2.24) is 20.1 Å². The van der Waals surface area contributed by atoms with Crippen LogP contribution in [0.4, 0.5) is 5.95 Å². The summed E-state index contributed by atoms with van der Waals surface area (Å²) in [5.41, 5.74) is 0. The van der Waals surface area contributed by atoms with Crippen LogP contribution in [-0.4, -0.2) is 45.0 Å². The maximum Gasteiger partial charge on any atom is 0.232 e. The number of aromatic nitrogens is 3. The number of amides is 2. The van der Waals surface area contributed by atoms with Crippen molar-refractivity contribution in [2.45, 2.75) is 20.3 Å². The van der Waals surface area contributed by atoms with Gasteiger partial charge in [-0.3, -0.25) is 14.9 Å². The quantitative estimate of drug-likeness (QED) is 0.802. The number of aromatic amines is 1. The number of nitrogens with zero attached hydrogens (tertiary/aromatic N) is 3. The molecule has 98 valence electrons. The number of H-pyrrole nitrogens is 1. The predicted octanol–water partition coefficient (Wildman–Crippen LogP) is 0.248. The van der Waals surface area contributed by atoms with Gasteiger partial charge in [-0.15, -0.1) is 0 Å². The van der Waals surface area contributed by atoms with Crippen LogP contribution in [0.15, 0.2) is 6.33 Å². The Balaban J connectivity index is 1.91. The maximum atomic E-state index is 11.9. The number of hydrogen-bond donors (Lipinski definition) is 2. The summed E-state index contributed by atoms with van der Waals surface area (Å²) in [6.45, 7) is 5.28. The van der Waals surface area contributed by atoms with Gasteiger partial charge in [-0.05, 0) is 5.92 Å². The molecule has 0 bridgehead atoms. The molecule has 2 amide bonds. The van der Waals surface area contributed by atoms with Crippen molar-refractivity contribution >= 4 is 17.8 Å². The molecule has 1 aromatic heterocycles. The second kappa shape index (κ2) is 5.16. The van der Waals surface area contributed by atoms with Crippen LogP contribution >= 0.6 is 0 Å². The normalized spacial score (nSPS) is 19.6. The summed E-state index contributed by atoms with van der Waals surface area (Å²) in [6.07, 6.45) is 1.59. The molecule has 2 heterocycles. The van der Waals surface area contributed by atoms with Gasteiger partial charge in [-0.1, -0.05) is 13.8 Å². The zero-order valence-corrected chi connectivity index (χ0v) is 10.5. The highest BCUT2D eigenvalue weighted by molar-refractivity contribution is 5.96. The van der Waals surface area contributed by atoms with Gasteiger partial charge in [0.05, 0.1) is 5.92 Å². The third kappa shape index (κ3) is 2.85. The zero-order valence-electron chi connectivity index (χ0n) is 10.5. The van der Waals surface area contributed by atoms with E-state index in [1.165, 1.54) is 6.33 Å². The Bertz CT molecular complexity index is 429. The van der Waals surface area contributed by atoms with Crippen molar-refractivity contribution in [3.8, 4) is 0 Å².